The van der Waals surface area contributed by atoms with Crippen LogP contribution in [-0.4, -0.2) is 54.7 Å². The van der Waals surface area contributed by atoms with Crippen molar-refractivity contribution in [3.05, 3.63) is 35.4 Å². The van der Waals surface area contributed by atoms with Crippen molar-refractivity contribution in [1.82, 2.24) is 0 Å². The molecule has 1 aromatic rings. The van der Waals surface area contributed by atoms with Gasteiger partial charge in [-0.2, -0.15) is 83.1 Å². The minimum absolute atomic E-state index is 0.125. The molecule has 0 saturated heterocycles. The molecule has 1 rings (SSSR count). The lowest BCUT2D eigenvalue weighted by molar-refractivity contribution is -0.462. The van der Waals surface area contributed by atoms with Crippen molar-refractivity contribution >= 4 is 10.4 Å². The predicted molar refractivity (Wildman–Crippen MR) is 106 cm³/mol. The lowest BCUT2D eigenvalue weighted by Gasteiger charge is -2.42. The maximum atomic E-state index is 14.4. The standard InChI is InChI=1S/C20H17F17O4S/c1-2-3-4-5-12(41-42(38,39)40)10-6-8-11(9-7-10)13(21,22)14(23,24)15(25,26)16(27,28)17(29,30)18(31,32)19(33,34)20(35,36)37/h6-9,12H,2-5H2,1H3,(H,38,39,40). The maximum absolute atomic E-state index is 14.4. The number of hydrogen-bond acceptors (Lipinski definition) is 3. The average molecular weight is 676 g/mol. The van der Waals surface area contributed by atoms with Crippen LogP contribution in [0.5, 0.6) is 0 Å². The van der Waals surface area contributed by atoms with E-state index in [-0.39, 0.29) is 37.1 Å². The number of unbranched alkanes of at least 4 members (excludes halogenated alkanes) is 2. The molecule has 0 radical (unpaired) electrons. The lowest BCUT2D eigenvalue weighted by atomic mass is 9.87. The Balaban J connectivity index is 3.61. The van der Waals surface area contributed by atoms with Gasteiger partial charge in [-0.15, -0.1) is 0 Å². The van der Waals surface area contributed by atoms with E-state index >= 15 is 0 Å². The van der Waals surface area contributed by atoms with E-state index in [1.54, 1.807) is 6.92 Å². The van der Waals surface area contributed by atoms with Crippen molar-refractivity contribution < 1.29 is 91.8 Å². The zero-order valence-electron chi connectivity index (χ0n) is 20.2. The fourth-order valence-electron chi connectivity index (χ4n) is 3.25. The van der Waals surface area contributed by atoms with Crippen molar-refractivity contribution in [2.45, 2.75) is 86.3 Å². The largest absolute Gasteiger partial charge is 0.460 e. The molecule has 0 aliphatic rings. The average Bonchev–Trinajstić information content (AvgIpc) is 2.81. The Morgan fingerprint density at radius 3 is 1.38 bits per heavy atom. The van der Waals surface area contributed by atoms with Crippen LogP contribution >= 0.6 is 0 Å². The summed E-state index contributed by atoms with van der Waals surface area (Å²) in [6.07, 6.45) is -8.87. The molecular formula is C20H17F17O4S. The first-order chi connectivity index (χ1) is 18.4. The number of halogens is 17. The first-order valence-electron chi connectivity index (χ1n) is 10.9. The molecular weight excluding hydrogens is 659 g/mol. The van der Waals surface area contributed by atoms with Gasteiger partial charge in [0.2, 0.25) is 0 Å². The lowest BCUT2D eigenvalue weighted by Crippen LogP contribution is -2.74. The fourth-order valence-corrected chi connectivity index (χ4v) is 3.75. The first-order valence-corrected chi connectivity index (χ1v) is 12.2. The number of rotatable bonds is 14. The summed E-state index contributed by atoms with van der Waals surface area (Å²) in [6.45, 7) is 1.66. The van der Waals surface area contributed by atoms with Gasteiger partial charge in [0.15, 0.2) is 0 Å². The zero-order valence-corrected chi connectivity index (χ0v) is 21.0. The first kappa shape index (κ1) is 37.9. The third kappa shape index (κ3) is 6.25. The van der Waals surface area contributed by atoms with Crippen LogP contribution in [0.4, 0.5) is 74.6 Å². The Morgan fingerprint density at radius 1 is 0.643 bits per heavy atom. The molecule has 0 amide bonds. The van der Waals surface area contributed by atoms with Crippen molar-refractivity contribution in [2.75, 3.05) is 0 Å². The maximum Gasteiger partial charge on any atom is 0.460 e. The summed E-state index contributed by atoms with van der Waals surface area (Å²) in [4.78, 5) is 0. The topological polar surface area (TPSA) is 63.6 Å². The van der Waals surface area contributed by atoms with E-state index in [1.165, 1.54) is 0 Å². The third-order valence-corrected chi connectivity index (χ3v) is 6.15. The van der Waals surface area contributed by atoms with E-state index in [2.05, 4.69) is 4.18 Å². The van der Waals surface area contributed by atoms with Gasteiger partial charge < -0.3 is 0 Å². The van der Waals surface area contributed by atoms with Gasteiger partial charge in [-0.3, -0.25) is 4.55 Å². The summed E-state index contributed by atoms with van der Waals surface area (Å²) in [5.41, 5.74) is -3.01. The van der Waals surface area contributed by atoms with Gasteiger partial charge in [-0.1, -0.05) is 50.5 Å². The molecule has 22 heteroatoms. The van der Waals surface area contributed by atoms with Gasteiger partial charge >= 0.3 is 58.0 Å². The molecule has 0 aromatic heterocycles. The van der Waals surface area contributed by atoms with Crippen LogP contribution in [0.25, 0.3) is 0 Å². The Morgan fingerprint density at radius 2 is 1.02 bits per heavy atom. The van der Waals surface area contributed by atoms with E-state index in [9.17, 15) is 83.1 Å². The monoisotopic (exact) mass is 676 g/mol. The summed E-state index contributed by atoms with van der Waals surface area (Å²) in [5, 5.41) is 0. The quantitative estimate of drug-likeness (QED) is 0.122. The van der Waals surface area contributed by atoms with E-state index in [1.807, 2.05) is 0 Å². The Bertz CT molecular complexity index is 1180. The smallest absolute Gasteiger partial charge is 0.264 e. The second-order valence-corrected chi connectivity index (χ2v) is 9.70. The molecule has 0 aliphatic heterocycles. The molecule has 0 heterocycles. The summed E-state index contributed by atoms with van der Waals surface area (Å²) in [5.74, 6) is -57.4. The number of alkyl halides is 17. The van der Waals surface area contributed by atoms with E-state index < -0.39 is 75.3 Å². The molecule has 0 bridgehead atoms. The van der Waals surface area contributed by atoms with Crippen molar-refractivity contribution in [3.8, 4) is 0 Å². The molecule has 1 N–H and O–H groups in total. The highest BCUT2D eigenvalue weighted by Crippen LogP contribution is 2.65. The van der Waals surface area contributed by atoms with Crippen molar-refractivity contribution in [2.24, 2.45) is 0 Å². The Kier molecular flexibility index (Phi) is 10.3. The normalized spacial score (nSPS) is 16.1. The molecule has 1 atom stereocenters. The minimum atomic E-state index is -8.73. The van der Waals surface area contributed by atoms with Gasteiger partial charge in [-0.05, 0) is 12.0 Å². The van der Waals surface area contributed by atoms with Gasteiger partial charge in [0.1, 0.15) is 6.10 Å². The van der Waals surface area contributed by atoms with E-state index in [4.69, 9.17) is 4.55 Å². The van der Waals surface area contributed by atoms with Crippen LogP contribution < -0.4 is 0 Å². The summed E-state index contributed by atoms with van der Waals surface area (Å²) >= 11 is 0. The third-order valence-electron chi connectivity index (χ3n) is 5.67. The second-order valence-electron chi connectivity index (χ2n) is 8.65. The summed E-state index contributed by atoms with van der Waals surface area (Å²) in [7, 11) is -5.26. The molecule has 4 nitrogen and oxygen atoms in total. The molecule has 246 valence electrons. The molecule has 42 heavy (non-hydrogen) atoms. The van der Waals surface area contributed by atoms with Crippen LogP contribution in [0.2, 0.25) is 0 Å². The van der Waals surface area contributed by atoms with Crippen LogP contribution in [0.3, 0.4) is 0 Å². The van der Waals surface area contributed by atoms with Gasteiger partial charge in [0.05, 0.1) is 0 Å². The second kappa shape index (κ2) is 11.4. The molecule has 0 saturated carbocycles. The van der Waals surface area contributed by atoms with Gasteiger partial charge in [0, 0.05) is 5.56 Å². The van der Waals surface area contributed by atoms with Crippen molar-refractivity contribution in [1.29, 1.82) is 0 Å². The SMILES string of the molecule is CCCCCC(OS(=O)(=O)O)c1ccc(C(F)(F)C(F)(F)C(F)(F)C(F)(F)C(F)(F)C(F)(F)C(F)(F)C(F)(F)F)cc1. The predicted octanol–water partition coefficient (Wildman–Crippen LogP) is 8.59. The molecule has 0 spiro atoms. The highest BCUT2D eigenvalue weighted by atomic mass is 32.3. The molecule has 0 fully saturated rings. The Labute approximate surface area is 224 Å². The summed E-state index contributed by atoms with van der Waals surface area (Å²) < 4.78 is 264. The van der Waals surface area contributed by atoms with Crippen molar-refractivity contribution in [3.63, 3.8) is 0 Å². The minimum Gasteiger partial charge on any atom is -0.264 e. The van der Waals surface area contributed by atoms with E-state index in [0.29, 0.717) is 12.8 Å². The highest BCUT2D eigenvalue weighted by Gasteiger charge is 2.95. The van der Waals surface area contributed by atoms with Gasteiger partial charge in [-0.25, -0.2) is 4.18 Å². The molecule has 0 aliphatic carbocycles. The van der Waals surface area contributed by atoms with Crippen LogP contribution in [0, 0.1) is 0 Å². The Hall–Kier alpha value is -2.10. The number of hydrogen-bond donors (Lipinski definition) is 1. The van der Waals surface area contributed by atoms with E-state index in [0.717, 1.165) is 0 Å². The number of benzene rings is 1. The molecule has 1 aromatic carbocycles. The van der Waals surface area contributed by atoms with Crippen LogP contribution in [0.1, 0.15) is 49.8 Å². The van der Waals surface area contributed by atoms with Gasteiger partial charge in [0.25, 0.3) is 0 Å². The van der Waals surface area contributed by atoms with Crippen LogP contribution in [-0.2, 0) is 20.5 Å². The fraction of sp³-hybridized carbons (Fsp3) is 0.700. The molecule has 1 unspecified atom stereocenters. The zero-order chi connectivity index (χ0) is 33.6. The van der Waals surface area contributed by atoms with Crippen LogP contribution in [0.15, 0.2) is 24.3 Å². The summed E-state index contributed by atoms with van der Waals surface area (Å²) in [6, 6.07) is -0.0987. The highest BCUT2D eigenvalue weighted by molar-refractivity contribution is 7.80.